The van der Waals surface area contributed by atoms with E-state index in [4.69, 9.17) is 4.74 Å². The number of hydrogen-bond acceptors (Lipinski definition) is 3. The molecule has 0 radical (unpaired) electrons. The summed E-state index contributed by atoms with van der Waals surface area (Å²) in [5.41, 5.74) is 0.788. The molecule has 4 nitrogen and oxygen atoms in total. The first-order valence-electron chi connectivity index (χ1n) is 7.03. The SMILES string of the molecule is CNC1CCCCC1OCC(=O)Nc1ccc(Br)cc1. The van der Waals surface area contributed by atoms with Crippen molar-refractivity contribution in [1.29, 1.82) is 0 Å². The van der Waals surface area contributed by atoms with Crippen molar-refractivity contribution in [2.24, 2.45) is 0 Å². The lowest BCUT2D eigenvalue weighted by atomic mass is 9.92. The average Bonchev–Trinajstić information content (AvgIpc) is 2.48. The molecular weight excluding hydrogens is 320 g/mol. The van der Waals surface area contributed by atoms with Gasteiger partial charge in [0.25, 0.3) is 0 Å². The smallest absolute Gasteiger partial charge is 0.250 e. The molecule has 5 heteroatoms. The van der Waals surface area contributed by atoms with E-state index in [0.717, 1.165) is 23.0 Å². The van der Waals surface area contributed by atoms with Crippen molar-refractivity contribution in [1.82, 2.24) is 5.32 Å². The van der Waals surface area contributed by atoms with Gasteiger partial charge in [0, 0.05) is 16.2 Å². The maximum atomic E-state index is 11.9. The van der Waals surface area contributed by atoms with Gasteiger partial charge in [-0.1, -0.05) is 28.8 Å². The molecule has 1 amide bonds. The van der Waals surface area contributed by atoms with Crippen LogP contribution in [0.5, 0.6) is 0 Å². The van der Waals surface area contributed by atoms with Crippen LogP contribution in [-0.4, -0.2) is 31.7 Å². The summed E-state index contributed by atoms with van der Waals surface area (Å²) in [7, 11) is 1.95. The van der Waals surface area contributed by atoms with Crippen LogP contribution >= 0.6 is 15.9 Å². The zero-order valence-electron chi connectivity index (χ0n) is 11.7. The Bertz CT molecular complexity index is 436. The molecule has 1 aliphatic rings. The molecule has 0 bridgehead atoms. The fraction of sp³-hybridized carbons (Fsp3) is 0.533. The second-order valence-corrected chi connectivity index (χ2v) is 6.00. The first kappa shape index (κ1) is 15.5. The summed E-state index contributed by atoms with van der Waals surface area (Å²) in [4.78, 5) is 11.9. The summed E-state index contributed by atoms with van der Waals surface area (Å²) in [5, 5.41) is 6.11. The number of likely N-dealkylation sites (N-methyl/N-ethyl adjacent to an activating group) is 1. The molecule has 0 spiro atoms. The molecule has 2 unspecified atom stereocenters. The minimum atomic E-state index is -0.104. The number of carbonyl (C=O) groups is 1. The average molecular weight is 341 g/mol. The van der Waals surface area contributed by atoms with Gasteiger partial charge in [-0.2, -0.15) is 0 Å². The molecule has 0 aliphatic heterocycles. The molecule has 2 atom stereocenters. The van der Waals surface area contributed by atoms with E-state index in [-0.39, 0.29) is 18.6 Å². The first-order chi connectivity index (χ1) is 9.69. The number of carbonyl (C=O) groups excluding carboxylic acids is 1. The first-order valence-corrected chi connectivity index (χ1v) is 7.82. The highest BCUT2D eigenvalue weighted by Crippen LogP contribution is 2.21. The lowest BCUT2D eigenvalue weighted by molar-refractivity contribution is -0.123. The Morgan fingerprint density at radius 3 is 2.70 bits per heavy atom. The van der Waals surface area contributed by atoms with Crippen LogP contribution in [0.25, 0.3) is 0 Å². The van der Waals surface area contributed by atoms with Crippen molar-refractivity contribution in [3.8, 4) is 0 Å². The molecule has 1 aromatic rings. The third-order valence-corrected chi connectivity index (χ3v) is 4.16. The predicted octanol–water partition coefficient (Wildman–Crippen LogP) is 2.93. The Balaban J connectivity index is 1.78. The molecule has 1 saturated carbocycles. The molecule has 0 saturated heterocycles. The summed E-state index contributed by atoms with van der Waals surface area (Å²) in [6, 6.07) is 7.88. The molecule has 1 aromatic carbocycles. The highest BCUT2D eigenvalue weighted by molar-refractivity contribution is 9.10. The van der Waals surface area contributed by atoms with E-state index in [1.54, 1.807) is 0 Å². The van der Waals surface area contributed by atoms with E-state index in [0.29, 0.717) is 6.04 Å². The van der Waals surface area contributed by atoms with Gasteiger partial charge in [-0.25, -0.2) is 0 Å². The van der Waals surface area contributed by atoms with Gasteiger partial charge in [0.1, 0.15) is 6.61 Å². The summed E-state index contributed by atoms with van der Waals surface area (Å²) >= 11 is 3.36. The van der Waals surface area contributed by atoms with Gasteiger partial charge in [0.05, 0.1) is 6.10 Å². The van der Waals surface area contributed by atoms with Crippen LogP contribution in [0.2, 0.25) is 0 Å². The lowest BCUT2D eigenvalue weighted by Crippen LogP contribution is -2.42. The minimum absolute atomic E-state index is 0.104. The highest BCUT2D eigenvalue weighted by atomic mass is 79.9. The van der Waals surface area contributed by atoms with E-state index in [9.17, 15) is 4.79 Å². The number of ether oxygens (including phenoxy) is 1. The van der Waals surface area contributed by atoms with Gasteiger partial charge in [-0.05, 0) is 44.2 Å². The van der Waals surface area contributed by atoms with Gasteiger partial charge in [0.15, 0.2) is 0 Å². The fourth-order valence-electron chi connectivity index (χ4n) is 2.54. The Morgan fingerprint density at radius 1 is 1.30 bits per heavy atom. The maximum Gasteiger partial charge on any atom is 0.250 e. The van der Waals surface area contributed by atoms with Gasteiger partial charge >= 0.3 is 0 Å². The molecule has 2 rings (SSSR count). The number of anilines is 1. The van der Waals surface area contributed by atoms with Crippen LogP contribution in [0.3, 0.4) is 0 Å². The van der Waals surface area contributed by atoms with Gasteiger partial charge in [0.2, 0.25) is 5.91 Å². The van der Waals surface area contributed by atoms with Crippen LogP contribution in [0.4, 0.5) is 5.69 Å². The molecule has 0 heterocycles. The van der Waals surface area contributed by atoms with Crippen molar-refractivity contribution in [2.75, 3.05) is 19.0 Å². The summed E-state index contributed by atoms with van der Waals surface area (Å²) in [6.45, 7) is 0.110. The molecule has 1 fully saturated rings. The molecule has 20 heavy (non-hydrogen) atoms. The van der Waals surface area contributed by atoms with Crippen LogP contribution in [-0.2, 0) is 9.53 Å². The minimum Gasteiger partial charge on any atom is -0.367 e. The molecule has 110 valence electrons. The fourth-order valence-corrected chi connectivity index (χ4v) is 2.80. The summed E-state index contributed by atoms with van der Waals surface area (Å²) in [5.74, 6) is -0.104. The second-order valence-electron chi connectivity index (χ2n) is 5.08. The lowest BCUT2D eigenvalue weighted by Gasteiger charge is -2.30. The Hall–Kier alpha value is -0.910. The van der Waals surface area contributed by atoms with Crippen LogP contribution in [0.1, 0.15) is 25.7 Å². The highest BCUT2D eigenvalue weighted by Gasteiger charge is 2.24. The van der Waals surface area contributed by atoms with E-state index < -0.39 is 0 Å². The third-order valence-electron chi connectivity index (χ3n) is 3.63. The maximum absolute atomic E-state index is 11.9. The molecular formula is C15H21BrN2O2. The van der Waals surface area contributed by atoms with E-state index in [2.05, 4.69) is 26.6 Å². The Kier molecular flexibility index (Phi) is 6.01. The van der Waals surface area contributed by atoms with E-state index in [1.807, 2.05) is 31.3 Å². The second kappa shape index (κ2) is 7.76. The summed E-state index contributed by atoms with van der Waals surface area (Å²) < 4.78 is 6.75. The standard InChI is InChI=1S/C15H21BrN2O2/c1-17-13-4-2-3-5-14(13)20-10-15(19)18-12-8-6-11(16)7-9-12/h6-9,13-14,17H,2-5,10H2,1H3,(H,18,19). The van der Waals surface area contributed by atoms with E-state index >= 15 is 0 Å². The van der Waals surface area contributed by atoms with Crippen LogP contribution < -0.4 is 10.6 Å². The van der Waals surface area contributed by atoms with Gasteiger partial charge in [-0.15, -0.1) is 0 Å². The van der Waals surface area contributed by atoms with Crippen molar-refractivity contribution in [3.05, 3.63) is 28.7 Å². The van der Waals surface area contributed by atoms with Crippen molar-refractivity contribution < 1.29 is 9.53 Å². The number of hydrogen-bond donors (Lipinski definition) is 2. The monoisotopic (exact) mass is 340 g/mol. The zero-order valence-corrected chi connectivity index (χ0v) is 13.3. The van der Waals surface area contributed by atoms with Crippen LogP contribution in [0.15, 0.2) is 28.7 Å². The number of benzene rings is 1. The Labute approximate surface area is 128 Å². The van der Waals surface area contributed by atoms with Gasteiger partial charge < -0.3 is 15.4 Å². The molecule has 0 aromatic heterocycles. The van der Waals surface area contributed by atoms with Crippen molar-refractivity contribution >= 4 is 27.5 Å². The largest absolute Gasteiger partial charge is 0.367 e. The quantitative estimate of drug-likeness (QED) is 0.866. The number of rotatable bonds is 5. The zero-order chi connectivity index (χ0) is 14.4. The van der Waals surface area contributed by atoms with Crippen molar-refractivity contribution in [3.63, 3.8) is 0 Å². The summed E-state index contributed by atoms with van der Waals surface area (Å²) in [6.07, 6.45) is 4.70. The normalized spacial score (nSPS) is 22.5. The number of halogens is 1. The number of amides is 1. The third kappa shape index (κ3) is 4.58. The molecule has 1 aliphatic carbocycles. The number of nitrogens with one attached hydrogen (secondary N) is 2. The van der Waals surface area contributed by atoms with E-state index in [1.165, 1.54) is 12.8 Å². The predicted molar refractivity (Wildman–Crippen MR) is 83.8 cm³/mol. The van der Waals surface area contributed by atoms with Gasteiger partial charge in [-0.3, -0.25) is 4.79 Å². The Morgan fingerprint density at radius 2 is 2.00 bits per heavy atom. The van der Waals surface area contributed by atoms with Crippen molar-refractivity contribution in [2.45, 2.75) is 37.8 Å². The molecule has 2 N–H and O–H groups in total. The van der Waals surface area contributed by atoms with Crippen LogP contribution in [0, 0.1) is 0 Å². The topological polar surface area (TPSA) is 50.4 Å².